The van der Waals surface area contributed by atoms with E-state index in [0.717, 1.165) is 0 Å². The van der Waals surface area contributed by atoms with Gasteiger partial charge in [0.25, 0.3) is 0 Å². The maximum absolute atomic E-state index is 11.4. The molecule has 0 heterocycles. The Morgan fingerprint density at radius 3 is 2.25 bits per heavy atom. The first-order valence-corrected chi connectivity index (χ1v) is 5.49. The fourth-order valence-electron chi connectivity index (χ4n) is 1.15. The number of esters is 1. The van der Waals surface area contributed by atoms with Gasteiger partial charge >= 0.3 is 5.97 Å². The van der Waals surface area contributed by atoms with Crippen molar-refractivity contribution in [2.24, 2.45) is 5.92 Å². The molecule has 0 aliphatic rings. The van der Waals surface area contributed by atoms with Crippen LogP contribution in [0.25, 0.3) is 0 Å². The Bertz CT molecular complexity index is 259. The number of carbonyl (C=O) groups excluding carboxylic acids is 2. The predicted molar refractivity (Wildman–Crippen MR) is 62.8 cm³/mol. The number of hydrogen-bond acceptors (Lipinski definition) is 3. The van der Waals surface area contributed by atoms with Gasteiger partial charge in [0.2, 0.25) is 5.91 Å². The minimum absolute atomic E-state index is 0.0725. The summed E-state index contributed by atoms with van der Waals surface area (Å²) >= 11 is 0. The first-order chi connectivity index (χ1) is 7.40. The molecule has 16 heavy (non-hydrogen) atoms. The molecule has 0 aromatic heterocycles. The largest absolute Gasteiger partial charge is 0.464 e. The van der Waals surface area contributed by atoms with Gasteiger partial charge in [-0.25, -0.2) is 0 Å². The van der Waals surface area contributed by atoms with E-state index in [0.29, 0.717) is 6.54 Å². The summed E-state index contributed by atoms with van der Waals surface area (Å²) in [7, 11) is 0. The van der Waals surface area contributed by atoms with Gasteiger partial charge in [-0.1, -0.05) is 20.4 Å². The molecule has 0 saturated carbocycles. The van der Waals surface area contributed by atoms with Crippen molar-refractivity contribution in [3.8, 4) is 0 Å². The summed E-state index contributed by atoms with van der Waals surface area (Å²) in [6.45, 7) is 11.4. The third-order valence-corrected chi connectivity index (χ3v) is 2.13. The summed E-state index contributed by atoms with van der Waals surface area (Å²) in [4.78, 5) is 24.2. The zero-order valence-electron chi connectivity index (χ0n) is 10.5. The van der Waals surface area contributed by atoms with Gasteiger partial charge in [-0.2, -0.15) is 0 Å². The highest BCUT2D eigenvalue weighted by Gasteiger charge is 2.15. The second-order valence-electron chi connectivity index (χ2n) is 4.15. The molecule has 0 aliphatic heterocycles. The van der Waals surface area contributed by atoms with Crippen LogP contribution in [0.2, 0.25) is 0 Å². The lowest BCUT2D eigenvalue weighted by Crippen LogP contribution is -2.38. The molecule has 0 fully saturated rings. The third-order valence-electron chi connectivity index (χ3n) is 2.13. The molecule has 0 radical (unpaired) electrons. The molecule has 0 aromatic rings. The van der Waals surface area contributed by atoms with E-state index in [1.165, 1.54) is 6.08 Å². The van der Waals surface area contributed by atoms with Crippen molar-refractivity contribution in [3.05, 3.63) is 12.7 Å². The summed E-state index contributed by atoms with van der Waals surface area (Å²) < 4.78 is 5.01. The van der Waals surface area contributed by atoms with Crippen LogP contribution in [0.4, 0.5) is 0 Å². The topological polar surface area (TPSA) is 46.6 Å². The second kappa shape index (κ2) is 7.04. The van der Waals surface area contributed by atoms with E-state index < -0.39 is 0 Å². The Labute approximate surface area is 97.3 Å². The van der Waals surface area contributed by atoms with Crippen molar-refractivity contribution in [3.63, 3.8) is 0 Å². The zero-order valence-corrected chi connectivity index (χ0v) is 10.5. The average molecular weight is 227 g/mol. The molecule has 4 heteroatoms. The van der Waals surface area contributed by atoms with Crippen molar-refractivity contribution in [1.29, 1.82) is 0 Å². The highest BCUT2D eigenvalue weighted by Crippen LogP contribution is 2.01. The molecule has 1 amide bonds. The fourth-order valence-corrected chi connectivity index (χ4v) is 1.15. The van der Waals surface area contributed by atoms with E-state index in [2.05, 4.69) is 6.58 Å². The molecule has 0 aliphatic carbocycles. The maximum Gasteiger partial charge on any atom is 0.308 e. The van der Waals surface area contributed by atoms with Crippen LogP contribution in [0.5, 0.6) is 0 Å². The Kier molecular flexibility index (Phi) is 6.46. The van der Waals surface area contributed by atoms with Crippen molar-refractivity contribution in [1.82, 2.24) is 4.90 Å². The maximum atomic E-state index is 11.4. The normalized spacial score (nSPS) is 10.4. The van der Waals surface area contributed by atoms with E-state index in [4.69, 9.17) is 4.74 Å². The number of carbonyl (C=O) groups is 2. The standard InChI is InChI=1S/C12H21NO3/c1-6-11(14)13(10(4)5)7-8-16-12(15)9(2)3/h6,9-10H,1,7-8H2,2-5H3. The Morgan fingerprint density at radius 1 is 1.31 bits per heavy atom. The highest BCUT2D eigenvalue weighted by atomic mass is 16.5. The molecule has 0 rings (SSSR count). The smallest absolute Gasteiger partial charge is 0.308 e. The minimum atomic E-state index is -0.241. The summed E-state index contributed by atoms with van der Waals surface area (Å²) in [6, 6.07) is 0.0725. The second-order valence-corrected chi connectivity index (χ2v) is 4.15. The van der Waals surface area contributed by atoms with Crippen LogP contribution >= 0.6 is 0 Å². The van der Waals surface area contributed by atoms with Crippen molar-refractivity contribution >= 4 is 11.9 Å². The molecule has 0 aromatic carbocycles. The van der Waals surface area contributed by atoms with Crippen LogP contribution in [-0.4, -0.2) is 36.0 Å². The van der Waals surface area contributed by atoms with Gasteiger partial charge in [-0.3, -0.25) is 9.59 Å². The number of nitrogens with zero attached hydrogens (tertiary/aromatic N) is 1. The fraction of sp³-hybridized carbons (Fsp3) is 0.667. The van der Waals surface area contributed by atoms with Gasteiger partial charge in [0, 0.05) is 6.04 Å². The van der Waals surface area contributed by atoms with Crippen molar-refractivity contribution < 1.29 is 14.3 Å². The van der Waals surface area contributed by atoms with Crippen LogP contribution < -0.4 is 0 Å². The van der Waals surface area contributed by atoms with Crippen molar-refractivity contribution in [2.45, 2.75) is 33.7 Å². The number of hydrogen-bond donors (Lipinski definition) is 0. The molecular formula is C12H21NO3. The van der Waals surface area contributed by atoms with Gasteiger partial charge in [-0.15, -0.1) is 0 Å². The number of amides is 1. The highest BCUT2D eigenvalue weighted by molar-refractivity contribution is 5.87. The van der Waals surface area contributed by atoms with Gasteiger partial charge < -0.3 is 9.64 Å². The summed E-state index contributed by atoms with van der Waals surface area (Å²) in [5, 5.41) is 0. The van der Waals surface area contributed by atoms with E-state index in [1.807, 2.05) is 13.8 Å². The molecule has 0 N–H and O–H groups in total. The molecule has 4 nitrogen and oxygen atoms in total. The first-order valence-electron chi connectivity index (χ1n) is 5.49. The SMILES string of the molecule is C=CC(=O)N(CCOC(=O)C(C)C)C(C)C. The van der Waals surface area contributed by atoms with E-state index in [1.54, 1.807) is 18.7 Å². The van der Waals surface area contributed by atoms with Gasteiger partial charge in [-0.05, 0) is 19.9 Å². The molecule has 0 unspecified atom stereocenters. The lowest BCUT2D eigenvalue weighted by molar-refractivity contribution is -0.149. The predicted octanol–water partition coefficient (Wildman–Crippen LogP) is 1.61. The molecular weight excluding hydrogens is 206 g/mol. The number of rotatable bonds is 6. The minimum Gasteiger partial charge on any atom is -0.464 e. The van der Waals surface area contributed by atoms with Gasteiger partial charge in [0.1, 0.15) is 6.61 Å². The molecule has 0 saturated heterocycles. The van der Waals surface area contributed by atoms with Gasteiger partial charge in [0.15, 0.2) is 0 Å². The van der Waals surface area contributed by atoms with Gasteiger partial charge in [0.05, 0.1) is 12.5 Å². The van der Waals surface area contributed by atoms with Crippen LogP contribution in [0.1, 0.15) is 27.7 Å². The van der Waals surface area contributed by atoms with E-state index in [-0.39, 0.29) is 30.4 Å². The molecule has 0 spiro atoms. The third kappa shape index (κ3) is 4.96. The number of ether oxygens (including phenoxy) is 1. The first kappa shape index (κ1) is 14.7. The average Bonchev–Trinajstić information content (AvgIpc) is 2.22. The van der Waals surface area contributed by atoms with E-state index in [9.17, 15) is 9.59 Å². The lowest BCUT2D eigenvalue weighted by atomic mass is 10.2. The Balaban J connectivity index is 4.09. The zero-order chi connectivity index (χ0) is 12.7. The van der Waals surface area contributed by atoms with Crippen LogP contribution in [0.3, 0.4) is 0 Å². The van der Waals surface area contributed by atoms with Crippen molar-refractivity contribution in [2.75, 3.05) is 13.2 Å². The summed E-state index contributed by atoms with van der Waals surface area (Å²) in [6.07, 6.45) is 1.27. The summed E-state index contributed by atoms with van der Waals surface area (Å²) in [5.41, 5.74) is 0. The molecule has 0 atom stereocenters. The Hall–Kier alpha value is -1.32. The molecule has 92 valence electrons. The van der Waals surface area contributed by atoms with Crippen LogP contribution in [0.15, 0.2) is 12.7 Å². The van der Waals surface area contributed by atoms with E-state index >= 15 is 0 Å². The quantitative estimate of drug-likeness (QED) is 0.511. The van der Waals surface area contributed by atoms with Crippen LogP contribution in [0, 0.1) is 5.92 Å². The molecule has 0 bridgehead atoms. The monoisotopic (exact) mass is 227 g/mol. The van der Waals surface area contributed by atoms with Crippen LogP contribution in [-0.2, 0) is 14.3 Å². The Morgan fingerprint density at radius 2 is 1.88 bits per heavy atom. The summed E-state index contributed by atoms with van der Waals surface area (Å²) in [5.74, 6) is -0.520. The lowest BCUT2D eigenvalue weighted by Gasteiger charge is -2.25.